The third kappa shape index (κ3) is 4.36. The van der Waals surface area contributed by atoms with Crippen molar-refractivity contribution in [3.8, 4) is 0 Å². The Hall–Kier alpha value is -2.25. The van der Waals surface area contributed by atoms with E-state index in [1.54, 1.807) is 48.0 Å². The largest absolute Gasteiger partial charge is 0.337 e. The SMILES string of the molecule is Cc1nn(C)c(Cl)c1C(=O)N1CCCN(C(=O)Nc2ccc(Cl)cc2)CC1. The average Bonchev–Trinajstić information content (AvgIpc) is 2.82. The first-order chi connectivity index (χ1) is 12.9. The van der Waals surface area contributed by atoms with Crippen LogP contribution in [0.2, 0.25) is 10.2 Å². The molecule has 0 aliphatic carbocycles. The monoisotopic (exact) mass is 409 g/mol. The molecule has 144 valence electrons. The van der Waals surface area contributed by atoms with Crippen LogP contribution in [0.25, 0.3) is 0 Å². The highest BCUT2D eigenvalue weighted by molar-refractivity contribution is 6.33. The molecule has 0 unspecified atom stereocenters. The van der Waals surface area contributed by atoms with Crippen molar-refractivity contribution < 1.29 is 9.59 Å². The fraction of sp³-hybridized carbons (Fsp3) is 0.389. The number of aryl methyl sites for hydroxylation is 2. The first-order valence-corrected chi connectivity index (χ1v) is 9.42. The Labute approximate surface area is 167 Å². The molecule has 1 fully saturated rings. The van der Waals surface area contributed by atoms with Gasteiger partial charge in [0.2, 0.25) is 0 Å². The van der Waals surface area contributed by atoms with Crippen molar-refractivity contribution in [2.45, 2.75) is 13.3 Å². The van der Waals surface area contributed by atoms with Gasteiger partial charge in [0.25, 0.3) is 5.91 Å². The lowest BCUT2D eigenvalue weighted by atomic mass is 10.2. The maximum absolute atomic E-state index is 12.9. The van der Waals surface area contributed by atoms with E-state index in [-0.39, 0.29) is 11.9 Å². The van der Waals surface area contributed by atoms with E-state index in [0.717, 1.165) is 0 Å². The normalized spacial score (nSPS) is 14.8. The second-order valence-electron chi connectivity index (χ2n) is 6.44. The van der Waals surface area contributed by atoms with Crippen molar-refractivity contribution in [2.24, 2.45) is 7.05 Å². The van der Waals surface area contributed by atoms with Gasteiger partial charge in [-0.25, -0.2) is 4.79 Å². The molecule has 0 saturated carbocycles. The summed E-state index contributed by atoms with van der Waals surface area (Å²) >= 11 is 12.1. The number of hydrogen-bond donors (Lipinski definition) is 1. The molecule has 3 rings (SSSR count). The second kappa shape index (κ2) is 8.19. The van der Waals surface area contributed by atoms with Gasteiger partial charge in [0, 0.05) is 43.9 Å². The minimum Gasteiger partial charge on any atom is -0.337 e. The van der Waals surface area contributed by atoms with Gasteiger partial charge in [-0.05, 0) is 37.6 Å². The van der Waals surface area contributed by atoms with E-state index in [4.69, 9.17) is 23.2 Å². The lowest BCUT2D eigenvalue weighted by Crippen LogP contribution is -2.39. The predicted octanol–water partition coefficient (Wildman–Crippen LogP) is 3.42. The highest BCUT2D eigenvalue weighted by atomic mass is 35.5. The van der Waals surface area contributed by atoms with Crippen LogP contribution in [-0.4, -0.2) is 57.7 Å². The summed E-state index contributed by atoms with van der Waals surface area (Å²) in [6, 6.07) is 6.75. The summed E-state index contributed by atoms with van der Waals surface area (Å²) in [6.07, 6.45) is 0.691. The molecule has 0 bridgehead atoms. The molecule has 0 radical (unpaired) electrons. The van der Waals surface area contributed by atoms with Crippen LogP contribution in [0.5, 0.6) is 0 Å². The van der Waals surface area contributed by atoms with Gasteiger partial charge in [-0.1, -0.05) is 23.2 Å². The van der Waals surface area contributed by atoms with Crippen molar-refractivity contribution in [3.63, 3.8) is 0 Å². The van der Waals surface area contributed by atoms with E-state index in [0.29, 0.717) is 59.7 Å². The van der Waals surface area contributed by atoms with Crippen LogP contribution in [0.15, 0.2) is 24.3 Å². The Bertz CT molecular complexity index is 850. The van der Waals surface area contributed by atoms with Crippen LogP contribution in [0, 0.1) is 6.92 Å². The van der Waals surface area contributed by atoms with Gasteiger partial charge in [-0.2, -0.15) is 5.10 Å². The Morgan fingerprint density at radius 1 is 1.04 bits per heavy atom. The lowest BCUT2D eigenvalue weighted by molar-refractivity contribution is 0.0762. The number of carbonyl (C=O) groups excluding carboxylic acids is 2. The standard InChI is InChI=1S/C18H21Cl2N5O2/c1-12-15(16(20)23(2)22-12)17(26)24-8-3-9-25(11-10-24)18(27)21-14-6-4-13(19)5-7-14/h4-7H,3,8-11H2,1-2H3,(H,21,27). The second-order valence-corrected chi connectivity index (χ2v) is 7.24. The highest BCUT2D eigenvalue weighted by Gasteiger charge is 2.27. The molecule has 1 N–H and O–H groups in total. The fourth-order valence-electron chi connectivity index (χ4n) is 3.09. The molecule has 1 aliphatic heterocycles. The first kappa shape index (κ1) is 19.5. The van der Waals surface area contributed by atoms with Crippen molar-refractivity contribution in [1.29, 1.82) is 0 Å². The number of hydrogen-bond acceptors (Lipinski definition) is 3. The molecule has 1 aliphatic rings. The summed E-state index contributed by atoms with van der Waals surface area (Å²) in [7, 11) is 1.71. The summed E-state index contributed by atoms with van der Waals surface area (Å²) in [4.78, 5) is 28.8. The molecule has 0 atom stereocenters. The Morgan fingerprint density at radius 2 is 1.67 bits per heavy atom. The van der Waals surface area contributed by atoms with Crippen LogP contribution >= 0.6 is 23.2 Å². The molecule has 7 nitrogen and oxygen atoms in total. The summed E-state index contributed by atoms with van der Waals surface area (Å²) in [5, 5.41) is 8.00. The smallest absolute Gasteiger partial charge is 0.321 e. The fourth-order valence-corrected chi connectivity index (χ4v) is 3.47. The van der Waals surface area contributed by atoms with Gasteiger partial charge < -0.3 is 15.1 Å². The van der Waals surface area contributed by atoms with Crippen LogP contribution in [0.3, 0.4) is 0 Å². The molecule has 1 saturated heterocycles. The van der Waals surface area contributed by atoms with Gasteiger partial charge in [-0.15, -0.1) is 0 Å². The average molecular weight is 410 g/mol. The van der Waals surface area contributed by atoms with E-state index in [1.165, 1.54) is 4.68 Å². The number of benzene rings is 1. The number of urea groups is 1. The van der Waals surface area contributed by atoms with E-state index in [9.17, 15) is 9.59 Å². The van der Waals surface area contributed by atoms with Gasteiger partial charge >= 0.3 is 6.03 Å². The molecule has 1 aromatic carbocycles. The maximum Gasteiger partial charge on any atom is 0.321 e. The third-order valence-electron chi connectivity index (χ3n) is 4.53. The number of rotatable bonds is 2. The molecule has 2 heterocycles. The Kier molecular flexibility index (Phi) is 5.92. The van der Waals surface area contributed by atoms with E-state index in [1.807, 2.05) is 0 Å². The summed E-state index contributed by atoms with van der Waals surface area (Å²) < 4.78 is 1.49. The van der Waals surface area contributed by atoms with Crippen LogP contribution < -0.4 is 5.32 Å². The number of anilines is 1. The van der Waals surface area contributed by atoms with Gasteiger partial charge in [0.1, 0.15) is 5.15 Å². The quantitative estimate of drug-likeness (QED) is 0.825. The van der Waals surface area contributed by atoms with Crippen molar-refractivity contribution in [1.82, 2.24) is 19.6 Å². The van der Waals surface area contributed by atoms with Crippen LogP contribution in [0.1, 0.15) is 22.5 Å². The van der Waals surface area contributed by atoms with E-state index < -0.39 is 0 Å². The Balaban J connectivity index is 1.63. The molecule has 27 heavy (non-hydrogen) atoms. The minimum absolute atomic E-state index is 0.148. The van der Waals surface area contributed by atoms with Crippen molar-refractivity contribution >= 4 is 40.8 Å². The highest BCUT2D eigenvalue weighted by Crippen LogP contribution is 2.21. The van der Waals surface area contributed by atoms with Gasteiger partial charge in [0.05, 0.1) is 11.3 Å². The number of amides is 3. The molecular weight excluding hydrogens is 389 g/mol. The zero-order chi connectivity index (χ0) is 19.6. The Morgan fingerprint density at radius 3 is 2.30 bits per heavy atom. The van der Waals surface area contributed by atoms with Crippen molar-refractivity contribution in [2.75, 3.05) is 31.5 Å². The number of nitrogens with one attached hydrogen (secondary N) is 1. The molecule has 3 amide bonds. The molecule has 9 heteroatoms. The van der Waals surface area contributed by atoms with Gasteiger partial charge in [0.15, 0.2) is 0 Å². The van der Waals surface area contributed by atoms with E-state index in [2.05, 4.69) is 10.4 Å². The predicted molar refractivity (Wildman–Crippen MR) is 106 cm³/mol. The van der Waals surface area contributed by atoms with E-state index >= 15 is 0 Å². The molecule has 0 spiro atoms. The summed E-state index contributed by atoms with van der Waals surface area (Å²) in [5.74, 6) is -0.148. The molecule has 1 aromatic heterocycles. The summed E-state index contributed by atoms with van der Waals surface area (Å²) in [6.45, 7) is 3.79. The van der Waals surface area contributed by atoms with Crippen molar-refractivity contribution in [3.05, 3.63) is 45.7 Å². The summed E-state index contributed by atoms with van der Waals surface area (Å²) in [5.41, 5.74) is 1.71. The maximum atomic E-state index is 12.9. The zero-order valence-corrected chi connectivity index (χ0v) is 16.7. The first-order valence-electron chi connectivity index (χ1n) is 8.66. The lowest BCUT2D eigenvalue weighted by Gasteiger charge is -2.22. The minimum atomic E-state index is -0.192. The van der Waals surface area contributed by atoms with Crippen LogP contribution in [-0.2, 0) is 7.05 Å². The molecule has 2 aromatic rings. The number of carbonyl (C=O) groups is 2. The molecular formula is C18H21Cl2N5O2. The number of nitrogens with zero attached hydrogens (tertiary/aromatic N) is 4. The number of halogens is 2. The third-order valence-corrected chi connectivity index (χ3v) is 5.22. The van der Waals surface area contributed by atoms with Crippen LogP contribution in [0.4, 0.5) is 10.5 Å². The number of aromatic nitrogens is 2. The topological polar surface area (TPSA) is 70.5 Å². The van der Waals surface area contributed by atoms with Gasteiger partial charge in [-0.3, -0.25) is 9.48 Å². The zero-order valence-electron chi connectivity index (χ0n) is 15.2.